The fourth-order valence-corrected chi connectivity index (χ4v) is 0.775. The summed E-state index contributed by atoms with van der Waals surface area (Å²) in [6.45, 7) is 3.89. The lowest BCUT2D eigenvalue weighted by molar-refractivity contribution is -0.122. The van der Waals surface area contributed by atoms with Crippen molar-refractivity contribution < 1.29 is 9.47 Å². The van der Waals surface area contributed by atoms with Gasteiger partial charge in [-0.05, 0) is 6.92 Å². The van der Waals surface area contributed by atoms with Crippen LogP contribution in [0.25, 0.3) is 0 Å². The number of rotatable bonds is 1. The molecule has 1 rings (SSSR count). The SMILES string of the molecule is CC1COC(CN)CO1. The topological polar surface area (TPSA) is 44.5 Å². The Labute approximate surface area is 55.1 Å². The fourth-order valence-electron chi connectivity index (χ4n) is 0.775. The summed E-state index contributed by atoms with van der Waals surface area (Å²) in [7, 11) is 0. The van der Waals surface area contributed by atoms with Crippen LogP contribution in [-0.4, -0.2) is 32.0 Å². The molecule has 0 aliphatic carbocycles. The number of nitrogens with two attached hydrogens (primary N) is 1. The highest BCUT2D eigenvalue weighted by Gasteiger charge is 2.16. The van der Waals surface area contributed by atoms with E-state index in [0.717, 1.165) is 0 Å². The molecule has 1 fully saturated rings. The summed E-state index contributed by atoms with van der Waals surface area (Å²) < 4.78 is 10.6. The zero-order valence-electron chi connectivity index (χ0n) is 5.67. The van der Waals surface area contributed by atoms with Crippen molar-refractivity contribution in [2.45, 2.75) is 19.1 Å². The van der Waals surface area contributed by atoms with Gasteiger partial charge in [-0.3, -0.25) is 0 Å². The van der Waals surface area contributed by atoms with Crippen molar-refractivity contribution in [1.82, 2.24) is 0 Å². The molecule has 3 heteroatoms. The lowest BCUT2D eigenvalue weighted by Gasteiger charge is -2.26. The zero-order chi connectivity index (χ0) is 6.69. The van der Waals surface area contributed by atoms with Crippen LogP contribution < -0.4 is 5.73 Å². The van der Waals surface area contributed by atoms with Gasteiger partial charge in [0.25, 0.3) is 0 Å². The van der Waals surface area contributed by atoms with Gasteiger partial charge in [0.05, 0.1) is 25.4 Å². The van der Waals surface area contributed by atoms with Gasteiger partial charge in [0.15, 0.2) is 0 Å². The van der Waals surface area contributed by atoms with Crippen molar-refractivity contribution in [3.63, 3.8) is 0 Å². The van der Waals surface area contributed by atoms with E-state index in [-0.39, 0.29) is 12.2 Å². The maximum absolute atomic E-state index is 5.34. The summed E-state index contributed by atoms with van der Waals surface area (Å²) in [6, 6.07) is 0. The summed E-state index contributed by atoms with van der Waals surface area (Å²) in [5.74, 6) is 0. The Hall–Kier alpha value is -0.120. The maximum Gasteiger partial charge on any atom is 0.0931 e. The first-order valence-corrected chi connectivity index (χ1v) is 3.26. The van der Waals surface area contributed by atoms with Crippen LogP contribution in [0.3, 0.4) is 0 Å². The molecule has 0 aromatic rings. The quantitative estimate of drug-likeness (QED) is 0.533. The molecule has 2 unspecified atom stereocenters. The summed E-state index contributed by atoms with van der Waals surface area (Å²) in [6.07, 6.45) is 0.369. The molecule has 1 aliphatic rings. The van der Waals surface area contributed by atoms with E-state index in [2.05, 4.69) is 0 Å². The molecule has 0 aromatic carbocycles. The first kappa shape index (κ1) is 6.99. The van der Waals surface area contributed by atoms with Crippen LogP contribution in [0.1, 0.15) is 6.92 Å². The molecular weight excluding hydrogens is 118 g/mol. The Bertz CT molecular complexity index is 79.1. The van der Waals surface area contributed by atoms with Gasteiger partial charge in [-0.1, -0.05) is 0 Å². The largest absolute Gasteiger partial charge is 0.373 e. The highest BCUT2D eigenvalue weighted by molar-refractivity contribution is 4.64. The number of hydrogen-bond donors (Lipinski definition) is 1. The average Bonchev–Trinajstić information content (AvgIpc) is 1.90. The van der Waals surface area contributed by atoms with Gasteiger partial charge in [-0.15, -0.1) is 0 Å². The molecule has 0 amide bonds. The van der Waals surface area contributed by atoms with Crippen LogP contribution in [0.15, 0.2) is 0 Å². The third-order valence-electron chi connectivity index (χ3n) is 1.40. The third-order valence-corrected chi connectivity index (χ3v) is 1.40. The second-order valence-corrected chi connectivity index (χ2v) is 2.33. The standard InChI is InChI=1S/C6H13NO2/c1-5-3-9-6(2-7)4-8-5/h5-6H,2-4,7H2,1H3. The van der Waals surface area contributed by atoms with E-state index < -0.39 is 0 Å². The second-order valence-electron chi connectivity index (χ2n) is 2.33. The minimum absolute atomic E-state index is 0.126. The molecule has 54 valence electrons. The highest BCUT2D eigenvalue weighted by atomic mass is 16.6. The molecule has 0 bridgehead atoms. The third kappa shape index (κ3) is 1.93. The minimum atomic E-state index is 0.126. The van der Waals surface area contributed by atoms with Crippen LogP contribution in [0.2, 0.25) is 0 Å². The highest BCUT2D eigenvalue weighted by Crippen LogP contribution is 2.04. The number of hydrogen-bond acceptors (Lipinski definition) is 3. The van der Waals surface area contributed by atoms with Gasteiger partial charge in [-0.2, -0.15) is 0 Å². The van der Waals surface area contributed by atoms with E-state index in [4.69, 9.17) is 15.2 Å². The molecule has 9 heavy (non-hydrogen) atoms. The van der Waals surface area contributed by atoms with Crippen molar-refractivity contribution in [2.24, 2.45) is 5.73 Å². The van der Waals surface area contributed by atoms with Gasteiger partial charge >= 0.3 is 0 Å². The molecule has 2 N–H and O–H groups in total. The van der Waals surface area contributed by atoms with Crippen molar-refractivity contribution in [1.29, 1.82) is 0 Å². The van der Waals surface area contributed by atoms with Gasteiger partial charge in [-0.25, -0.2) is 0 Å². The van der Waals surface area contributed by atoms with Crippen LogP contribution in [-0.2, 0) is 9.47 Å². The normalized spacial score (nSPS) is 36.7. The van der Waals surface area contributed by atoms with Crippen LogP contribution >= 0.6 is 0 Å². The lowest BCUT2D eigenvalue weighted by Crippen LogP contribution is -2.38. The molecule has 1 heterocycles. The van der Waals surface area contributed by atoms with E-state index >= 15 is 0 Å². The molecule has 2 atom stereocenters. The Morgan fingerprint density at radius 3 is 2.67 bits per heavy atom. The maximum atomic E-state index is 5.34. The van der Waals surface area contributed by atoms with Gasteiger partial charge in [0.2, 0.25) is 0 Å². The first-order chi connectivity index (χ1) is 4.33. The first-order valence-electron chi connectivity index (χ1n) is 3.26. The molecule has 0 spiro atoms. The Balaban J connectivity index is 2.18. The molecular formula is C6H13NO2. The van der Waals surface area contributed by atoms with Crippen molar-refractivity contribution in [3.05, 3.63) is 0 Å². The smallest absolute Gasteiger partial charge is 0.0931 e. The van der Waals surface area contributed by atoms with E-state index in [0.29, 0.717) is 19.8 Å². The molecule has 1 saturated heterocycles. The zero-order valence-corrected chi connectivity index (χ0v) is 5.67. The Morgan fingerprint density at radius 1 is 1.44 bits per heavy atom. The summed E-state index contributed by atoms with van der Waals surface area (Å²) >= 11 is 0. The molecule has 0 aromatic heterocycles. The van der Waals surface area contributed by atoms with E-state index in [9.17, 15) is 0 Å². The van der Waals surface area contributed by atoms with E-state index in [1.807, 2.05) is 6.92 Å². The van der Waals surface area contributed by atoms with Gasteiger partial charge < -0.3 is 15.2 Å². The van der Waals surface area contributed by atoms with Crippen molar-refractivity contribution in [3.8, 4) is 0 Å². The molecule has 0 saturated carbocycles. The Kier molecular flexibility index (Phi) is 2.45. The fraction of sp³-hybridized carbons (Fsp3) is 1.00. The van der Waals surface area contributed by atoms with Crippen LogP contribution in [0.4, 0.5) is 0 Å². The predicted molar refractivity (Wildman–Crippen MR) is 34.2 cm³/mol. The van der Waals surface area contributed by atoms with E-state index in [1.54, 1.807) is 0 Å². The summed E-state index contributed by atoms with van der Waals surface area (Å²) in [5.41, 5.74) is 5.34. The molecule has 1 aliphatic heterocycles. The summed E-state index contributed by atoms with van der Waals surface area (Å²) in [5, 5.41) is 0. The van der Waals surface area contributed by atoms with Gasteiger partial charge in [0.1, 0.15) is 0 Å². The van der Waals surface area contributed by atoms with Gasteiger partial charge in [0, 0.05) is 6.54 Å². The molecule has 3 nitrogen and oxygen atoms in total. The average molecular weight is 131 g/mol. The number of ether oxygens (including phenoxy) is 2. The molecule has 0 radical (unpaired) electrons. The summed E-state index contributed by atoms with van der Waals surface area (Å²) in [4.78, 5) is 0. The van der Waals surface area contributed by atoms with Crippen LogP contribution in [0, 0.1) is 0 Å². The van der Waals surface area contributed by atoms with Crippen molar-refractivity contribution >= 4 is 0 Å². The second kappa shape index (κ2) is 3.15. The Morgan fingerprint density at radius 2 is 2.22 bits per heavy atom. The predicted octanol–water partition coefficient (Wildman–Crippen LogP) is -0.251. The lowest BCUT2D eigenvalue weighted by atomic mass is 10.3. The minimum Gasteiger partial charge on any atom is -0.373 e. The van der Waals surface area contributed by atoms with E-state index in [1.165, 1.54) is 0 Å². The monoisotopic (exact) mass is 131 g/mol. The van der Waals surface area contributed by atoms with Crippen LogP contribution in [0.5, 0.6) is 0 Å². The van der Waals surface area contributed by atoms with Crippen molar-refractivity contribution in [2.75, 3.05) is 19.8 Å².